The number of carbonyl (C=O) groups excluding carboxylic acids is 1. The Morgan fingerprint density at radius 2 is 1.50 bits per heavy atom. The fourth-order valence-electron chi connectivity index (χ4n) is 2.62. The van der Waals surface area contributed by atoms with Crippen molar-refractivity contribution >= 4 is 33.2 Å². The number of benzene rings is 3. The molecule has 5 nitrogen and oxygen atoms in total. The summed E-state index contributed by atoms with van der Waals surface area (Å²) in [6.45, 7) is 1.90. The minimum atomic E-state index is -3.73. The maximum Gasteiger partial charge on any atom is 0.261 e. The predicted molar refractivity (Wildman–Crippen MR) is 111 cm³/mol. The molecule has 0 unspecified atom stereocenters. The van der Waals surface area contributed by atoms with Crippen LogP contribution in [0.3, 0.4) is 0 Å². The Kier molecular flexibility index (Phi) is 6.02. The maximum absolute atomic E-state index is 12.4. The minimum absolute atomic E-state index is 0.107. The Bertz CT molecular complexity index is 1050. The molecule has 1 amide bonds. The molecule has 0 spiro atoms. The topological polar surface area (TPSA) is 75.3 Å². The van der Waals surface area contributed by atoms with Gasteiger partial charge in [0, 0.05) is 16.3 Å². The van der Waals surface area contributed by atoms with Crippen molar-refractivity contribution < 1.29 is 13.2 Å². The third-order valence-electron chi connectivity index (χ3n) is 4.17. The second-order valence-corrected chi connectivity index (χ2v) is 8.36. The molecule has 3 aromatic rings. The van der Waals surface area contributed by atoms with Crippen LogP contribution in [0, 0.1) is 0 Å². The van der Waals surface area contributed by atoms with Crippen molar-refractivity contribution in [3.63, 3.8) is 0 Å². The van der Waals surface area contributed by atoms with Crippen LogP contribution in [0.5, 0.6) is 0 Å². The molecule has 0 bridgehead atoms. The second-order valence-electron chi connectivity index (χ2n) is 6.24. The number of hydrogen-bond acceptors (Lipinski definition) is 3. The summed E-state index contributed by atoms with van der Waals surface area (Å²) in [5.41, 5.74) is 1.81. The normalized spacial score (nSPS) is 12.2. The number of nitrogens with one attached hydrogen (secondary N) is 2. The molecule has 0 saturated heterocycles. The van der Waals surface area contributed by atoms with Crippen LogP contribution in [0.4, 0.5) is 5.69 Å². The Labute approximate surface area is 169 Å². The molecule has 0 saturated carbocycles. The van der Waals surface area contributed by atoms with Crippen molar-refractivity contribution in [1.82, 2.24) is 5.32 Å². The lowest BCUT2D eigenvalue weighted by Crippen LogP contribution is -2.26. The molecule has 0 aliphatic heterocycles. The van der Waals surface area contributed by atoms with E-state index in [-0.39, 0.29) is 16.8 Å². The molecule has 0 aromatic heterocycles. The fourth-order valence-corrected chi connectivity index (χ4v) is 3.81. The molecule has 1 atom stereocenters. The predicted octanol–water partition coefficient (Wildman–Crippen LogP) is 4.63. The molecule has 0 radical (unpaired) electrons. The second kappa shape index (κ2) is 8.46. The highest BCUT2D eigenvalue weighted by molar-refractivity contribution is 7.92. The van der Waals surface area contributed by atoms with E-state index in [4.69, 9.17) is 11.6 Å². The van der Waals surface area contributed by atoms with Crippen molar-refractivity contribution in [2.45, 2.75) is 17.9 Å². The summed E-state index contributed by atoms with van der Waals surface area (Å²) in [4.78, 5) is 12.5. The van der Waals surface area contributed by atoms with Gasteiger partial charge in [-0.1, -0.05) is 41.9 Å². The van der Waals surface area contributed by atoms with Crippen LogP contribution in [0.25, 0.3) is 0 Å². The number of halogens is 1. The molecule has 2 N–H and O–H groups in total. The molecule has 3 aromatic carbocycles. The summed E-state index contributed by atoms with van der Waals surface area (Å²) in [5, 5.41) is 3.38. The van der Waals surface area contributed by atoms with Crippen molar-refractivity contribution in [3.05, 3.63) is 95.0 Å². The Hall–Kier alpha value is -2.83. The standard InChI is InChI=1S/C21H19ClN2O3S/c1-15(16-5-3-2-4-6-16)23-21(25)17-7-11-19(12-8-17)24-28(26,27)20-13-9-18(22)10-14-20/h2-15,24H,1H3,(H,23,25)/t15-/m0/s1. The summed E-state index contributed by atoms with van der Waals surface area (Å²) < 4.78 is 27.3. The SMILES string of the molecule is C[C@H](NC(=O)c1ccc(NS(=O)(=O)c2ccc(Cl)cc2)cc1)c1ccccc1. The van der Waals surface area contributed by atoms with Crippen LogP contribution in [-0.2, 0) is 10.0 Å². The number of rotatable bonds is 6. The van der Waals surface area contributed by atoms with Gasteiger partial charge in [-0.05, 0) is 61.0 Å². The number of hydrogen-bond donors (Lipinski definition) is 2. The molecule has 0 aliphatic rings. The third-order valence-corrected chi connectivity index (χ3v) is 5.82. The van der Waals surface area contributed by atoms with E-state index in [1.54, 1.807) is 24.3 Å². The lowest BCUT2D eigenvalue weighted by atomic mass is 10.1. The molecular weight excluding hydrogens is 396 g/mol. The largest absolute Gasteiger partial charge is 0.346 e. The summed E-state index contributed by atoms with van der Waals surface area (Å²) in [6, 6.07) is 21.6. The van der Waals surface area contributed by atoms with Gasteiger partial charge in [0.1, 0.15) is 0 Å². The molecule has 28 heavy (non-hydrogen) atoms. The molecular formula is C21H19ClN2O3S. The Morgan fingerprint density at radius 3 is 2.11 bits per heavy atom. The van der Waals surface area contributed by atoms with E-state index in [2.05, 4.69) is 10.0 Å². The highest BCUT2D eigenvalue weighted by Gasteiger charge is 2.15. The van der Waals surface area contributed by atoms with Gasteiger partial charge < -0.3 is 5.32 Å². The smallest absolute Gasteiger partial charge is 0.261 e. The van der Waals surface area contributed by atoms with E-state index in [9.17, 15) is 13.2 Å². The van der Waals surface area contributed by atoms with Crippen molar-refractivity contribution in [2.75, 3.05) is 4.72 Å². The first-order valence-corrected chi connectivity index (χ1v) is 10.5. The van der Waals surface area contributed by atoms with E-state index in [0.717, 1.165) is 5.56 Å². The van der Waals surface area contributed by atoms with Gasteiger partial charge in [0.15, 0.2) is 0 Å². The van der Waals surface area contributed by atoms with Gasteiger partial charge in [-0.2, -0.15) is 0 Å². The highest BCUT2D eigenvalue weighted by Crippen LogP contribution is 2.19. The van der Waals surface area contributed by atoms with Gasteiger partial charge in [0.2, 0.25) is 0 Å². The minimum Gasteiger partial charge on any atom is -0.346 e. The van der Waals surface area contributed by atoms with Gasteiger partial charge in [0.25, 0.3) is 15.9 Å². The van der Waals surface area contributed by atoms with E-state index in [1.165, 1.54) is 24.3 Å². The van der Waals surface area contributed by atoms with Gasteiger partial charge in [0.05, 0.1) is 10.9 Å². The van der Waals surface area contributed by atoms with Crippen molar-refractivity contribution in [2.24, 2.45) is 0 Å². The zero-order valence-electron chi connectivity index (χ0n) is 15.1. The Morgan fingerprint density at radius 1 is 0.893 bits per heavy atom. The van der Waals surface area contributed by atoms with Crippen molar-refractivity contribution in [3.8, 4) is 0 Å². The van der Waals surface area contributed by atoms with Gasteiger partial charge in [-0.25, -0.2) is 8.42 Å². The molecule has 3 rings (SSSR count). The molecule has 144 valence electrons. The number of carbonyl (C=O) groups is 1. The van der Waals surface area contributed by atoms with Gasteiger partial charge in [-0.15, -0.1) is 0 Å². The molecule has 7 heteroatoms. The van der Waals surface area contributed by atoms with Crippen LogP contribution in [0.2, 0.25) is 5.02 Å². The van der Waals surface area contributed by atoms with Crippen molar-refractivity contribution in [1.29, 1.82) is 0 Å². The highest BCUT2D eigenvalue weighted by atomic mass is 35.5. The quantitative estimate of drug-likeness (QED) is 0.617. The first-order valence-electron chi connectivity index (χ1n) is 8.59. The fraction of sp³-hybridized carbons (Fsp3) is 0.0952. The maximum atomic E-state index is 12.4. The molecule has 0 fully saturated rings. The summed E-state index contributed by atoms with van der Waals surface area (Å²) in [7, 11) is -3.73. The average Bonchev–Trinajstić information content (AvgIpc) is 2.69. The monoisotopic (exact) mass is 414 g/mol. The molecule has 0 heterocycles. The Balaban J connectivity index is 1.67. The van der Waals surface area contributed by atoms with Crippen LogP contribution < -0.4 is 10.0 Å². The van der Waals surface area contributed by atoms with Crippen LogP contribution in [0.1, 0.15) is 28.9 Å². The van der Waals surface area contributed by atoms with Crippen LogP contribution in [0.15, 0.2) is 83.8 Å². The lowest BCUT2D eigenvalue weighted by Gasteiger charge is -2.14. The number of anilines is 1. The van der Waals surface area contributed by atoms with Crippen LogP contribution in [-0.4, -0.2) is 14.3 Å². The first-order chi connectivity index (χ1) is 13.3. The summed E-state index contributed by atoms with van der Waals surface area (Å²) in [5.74, 6) is -0.233. The zero-order chi connectivity index (χ0) is 20.1. The van der Waals surface area contributed by atoms with E-state index in [0.29, 0.717) is 16.3 Å². The first kappa shape index (κ1) is 19.9. The van der Waals surface area contributed by atoms with E-state index in [1.807, 2.05) is 37.3 Å². The van der Waals surface area contributed by atoms with E-state index >= 15 is 0 Å². The lowest BCUT2D eigenvalue weighted by molar-refractivity contribution is 0.0940. The number of amides is 1. The van der Waals surface area contributed by atoms with Gasteiger partial charge >= 0.3 is 0 Å². The summed E-state index contributed by atoms with van der Waals surface area (Å²) >= 11 is 5.79. The molecule has 0 aliphatic carbocycles. The summed E-state index contributed by atoms with van der Waals surface area (Å²) in [6.07, 6.45) is 0. The van der Waals surface area contributed by atoms with Gasteiger partial charge in [-0.3, -0.25) is 9.52 Å². The number of sulfonamides is 1. The average molecular weight is 415 g/mol. The third kappa shape index (κ3) is 4.91. The zero-order valence-corrected chi connectivity index (χ0v) is 16.7. The van der Waals surface area contributed by atoms with E-state index < -0.39 is 10.0 Å². The van der Waals surface area contributed by atoms with Crippen LogP contribution >= 0.6 is 11.6 Å².